The third kappa shape index (κ3) is 3.75. The minimum Gasteiger partial charge on any atom is -0.483 e. The van der Waals surface area contributed by atoms with Crippen molar-refractivity contribution in [2.24, 2.45) is 0 Å². The van der Waals surface area contributed by atoms with Crippen LogP contribution in [0.3, 0.4) is 0 Å². The summed E-state index contributed by atoms with van der Waals surface area (Å²) in [5.74, 6) is 0.480. The Labute approximate surface area is 102 Å². The van der Waals surface area contributed by atoms with Gasteiger partial charge < -0.3 is 14.7 Å². The number of carbonyl (C=O) groups excluding carboxylic acids is 1. The molecular weight excluding hydrogens is 218 g/mol. The Morgan fingerprint density at radius 1 is 1.41 bits per heavy atom. The summed E-state index contributed by atoms with van der Waals surface area (Å²) in [5, 5.41) is 9.11. The van der Waals surface area contributed by atoms with Crippen molar-refractivity contribution in [1.82, 2.24) is 4.90 Å². The van der Waals surface area contributed by atoms with Gasteiger partial charge in [0.2, 0.25) is 0 Å². The summed E-state index contributed by atoms with van der Waals surface area (Å²) in [4.78, 5) is 13.3. The Morgan fingerprint density at radius 2 is 2.06 bits per heavy atom. The number of hydrogen-bond donors (Lipinski definition) is 1. The molecule has 17 heavy (non-hydrogen) atoms. The van der Waals surface area contributed by atoms with Crippen LogP contribution in [0.5, 0.6) is 5.75 Å². The molecule has 0 saturated heterocycles. The molecule has 0 fully saturated rings. The van der Waals surface area contributed by atoms with E-state index in [1.165, 1.54) is 0 Å². The second-order valence-electron chi connectivity index (χ2n) is 4.15. The molecule has 1 amide bonds. The SMILES string of the molecule is CC(C)N(C)C(=O)COc1ccccc1CO. The van der Waals surface area contributed by atoms with E-state index in [2.05, 4.69) is 0 Å². The molecule has 0 aliphatic rings. The predicted molar refractivity (Wildman–Crippen MR) is 65.8 cm³/mol. The standard InChI is InChI=1S/C13H19NO3/c1-10(2)14(3)13(16)9-17-12-7-5-4-6-11(12)8-15/h4-7,10,15H,8-9H2,1-3H3. The molecule has 0 heterocycles. The highest BCUT2D eigenvalue weighted by atomic mass is 16.5. The van der Waals surface area contributed by atoms with E-state index in [1.54, 1.807) is 24.1 Å². The number of likely N-dealkylation sites (N-methyl/N-ethyl adjacent to an activating group) is 1. The van der Waals surface area contributed by atoms with E-state index in [4.69, 9.17) is 9.84 Å². The van der Waals surface area contributed by atoms with E-state index in [9.17, 15) is 4.79 Å². The van der Waals surface area contributed by atoms with E-state index in [0.717, 1.165) is 0 Å². The van der Waals surface area contributed by atoms with Crippen LogP contribution in [-0.2, 0) is 11.4 Å². The molecular formula is C13H19NO3. The monoisotopic (exact) mass is 237 g/mol. The highest BCUT2D eigenvalue weighted by Gasteiger charge is 2.13. The van der Waals surface area contributed by atoms with Crippen molar-refractivity contribution in [3.8, 4) is 5.75 Å². The molecule has 0 atom stereocenters. The lowest BCUT2D eigenvalue weighted by Crippen LogP contribution is -2.36. The molecule has 4 heteroatoms. The summed E-state index contributed by atoms with van der Waals surface area (Å²) < 4.78 is 5.41. The van der Waals surface area contributed by atoms with Crippen molar-refractivity contribution in [2.45, 2.75) is 26.5 Å². The molecule has 0 saturated carbocycles. The predicted octanol–water partition coefficient (Wildman–Crippen LogP) is 1.42. The number of aliphatic hydroxyl groups is 1. The van der Waals surface area contributed by atoms with Gasteiger partial charge in [0, 0.05) is 18.7 Å². The second kappa shape index (κ2) is 6.25. The lowest BCUT2D eigenvalue weighted by Gasteiger charge is -2.21. The third-order valence-electron chi connectivity index (χ3n) is 2.66. The van der Waals surface area contributed by atoms with Gasteiger partial charge in [0.05, 0.1) is 6.61 Å². The molecule has 1 N–H and O–H groups in total. The molecule has 0 aliphatic heterocycles. The molecule has 0 radical (unpaired) electrons. The summed E-state index contributed by atoms with van der Waals surface area (Å²) in [6.07, 6.45) is 0. The second-order valence-corrected chi connectivity index (χ2v) is 4.15. The molecule has 0 bridgehead atoms. The van der Waals surface area contributed by atoms with Crippen molar-refractivity contribution in [1.29, 1.82) is 0 Å². The number of ether oxygens (including phenoxy) is 1. The maximum atomic E-state index is 11.7. The number of carbonyl (C=O) groups is 1. The van der Waals surface area contributed by atoms with Crippen molar-refractivity contribution >= 4 is 5.91 Å². The molecule has 0 aliphatic carbocycles. The van der Waals surface area contributed by atoms with Crippen LogP contribution in [0.25, 0.3) is 0 Å². The fraction of sp³-hybridized carbons (Fsp3) is 0.462. The van der Waals surface area contributed by atoms with Crippen LogP contribution in [0.1, 0.15) is 19.4 Å². The fourth-order valence-electron chi connectivity index (χ4n) is 1.30. The van der Waals surface area contributed by atoms with Crippen LogP contribution in [0.4, 0.5) is 0 Å². The molecule has 4 nitrogen and oxygen atoms in total. The molecule has 0 spiro atoms. The fourth-order valence-corrected chi connectivity index (χ4v) is 1.30. The highest BCUT2D eigenvalue weighted by molar-refractivity contribution is 5.77. The first kappa shape index (κ1) is 13.5. The zero-order valence-corrected chi connectivity index (χ0v) is 10.5. The Hall–Kier alpha value is -1.55. The number of benzene rings is 1. The van der Waals surface area contributed by atoms with Gasteiger partial charge in [-0.15, -0.1) is 0 Å². The van der Waals surface area contributed by atoms with Gasteiger partial charge in [-0.3, -0.25) is 4.79 Å². The molecule has 0 unspecified atom stereocenters. The van der Waals surface area contributed by atoms with Gasteiger partial charge in [-0.2, -0.15) is 0 Å². The maximum Gasteiger partial charge on any atom is 0.260 e. The summed E-state index contributed by atoms with van der Waals surface area (Å²) in [7, 11) is 1.74. The topological polar surface area (TPSA) is 49.8 Å². The van der Waals surface area contributed by atoms with Gasteiger partial charge in [0.1, 0.15) is 5.75 Å². The number of hydrogen-bond acceptors (Lipinski definition) is 3. The Morgan fingerprint density at radius 3 is 2.65 bits per heavy atom. The number of amides is 1. The smallest absolute Gasteiger partial charge is 0.260 e. The van der Waals surface area contributed by atoms with E-state index in [-0.39, 0.29) is 25.2 Å². The van der Waals surface area contributed by atoms with E-state index < -0.39 is 0 Å². The van der Waals surface area contributed by atoms with Gasteiger partial charge in [0.15, 0.2) is 6.61 Å². The maximum absolute atomic E-state index is 11.7. The minimum atomic E-state index is -0.0929. The zero-order chi connectivity index (χ0) is 12.8. The molecule has 1 aromatic rings. The third-order valence-corrected chi connectivity index (χ3v) is 2.66. The number of aliphatic hydroxyl groups excluding tert-OH is 1. The summed E-state index contributed by atoms with van der Waals surface area (Å²) in [5.41, 5.74) is 0.688. The van der Waals surface area contributed by atoms with Crippen molar-refractivity contribution in [3.63, 3.8) is 0 Å². The summed E-state index contributed by atoms with van der Waals surface area (Å²) >= 11 is 0. The van der Waals surface area contributed by atoms with E-state index in [1.807, 2.05) is 26.0 Å². The van der Waals surface area contributed by atoms with Gasteiger partial charge in [-0.25, -0.2) is 0 Å². The largest absolute Gasteiger partial charge is 0.483 e. The Bertz CT molecular complexity index is 377. The van der Waals surface area contributed by atoms with Crippen LogP contribution in [0.2, 0.25) is 0 Å². The van der Waals surface area contributed by atoms with E-state index >= 15 is 0 Å². The quantitative estimate of drug-likeness (QED) is 0.842. The molecule has 1 aromatic carbocycles. The first-order valence-corrected chi connectivity index (χ1v) is 5.63. The Kier molecular flexibility index (Phi) is 4.97. The number of rotatable bonds is 5. The van der Waals surface area contributed by atoms with Gasteiger partial charge in [-0.1, -0.05) is 18.2 Å². The van der Waals surface area contributed by atoms with Gasteiger partial charge >= 0.3 is 0 Å². The molecule has 0 aromatic heterocycles. The van der Waals surface area contributed by atoms with Crippen molar-refractivity contribution < 1.29 is 14.6 Å². The van der Waals surface area contributed by atoms with Crippen LogP contribution < -0.4 is 4.74 Å². The van der Waals surface area contributed by atoms with Crippen molar-refractivity contribution in [2.75, 3.05) is 13.7 Å². The number of nitrogens with zero attached hydrogens (tertiary/aromatic N) is 1. The molecule has 94 valence electrons. The normalized spacial score (nSPS) is 10.4. The lowest BCUT2D eigenvalue weighted by molar-refractivity contribution is -0.133. The average molecular weight is 237 g/mol. The van der Waals surface area contributed by atoms with Crippen LogP contribution in [0, 0.1) is 0 Å². The van der Waals surface area contributed by atoms with Crippen LogP contribution in [0.15, 0.2) is 24.3 Å². The zero-order valence-electron chi connectivity index (χ0n) is 10.5. The highest BCUT2D eigenvalue weighted by Crippen LogP contribution is 2.17. The Balaban J connectivity index is 2.58. The van der Waals surface area contributed by atoms with Gasteiger partial charge in [-0.05, 0) is 19.9 Å². The van der Waals surface area contributed by atoms with Crippen LogP contribution >= 0.6 is 0 Å². The lowest BCUT2D eigenvalue weighted by atomic mass is 10.2. The number of para-hydroxylation sites is 1. The first-order chi connectivity index (χ1) is 8.06. The first-order valence-electron chi connectivity index (χ1n) is 5.63. The summed E-state index contributed by atoms with van der Waals surface area (Å²) in [6, 6.07) is 7.30. The minimum absolute atomic E-state index is 0.00824. The van der Waals surface area contributed by atoms with Gasteiger partial charge in [0.25, 0.3) is 5.91 Å². The van der Waals surface area contributed by atoms with Crippen molar-refractivity contribution in [3.05, 3.63) is 29.8 Å². The van der Waals surface area contributed by atoms with Crippen LogP contribution in [-0.4, -0.2) is 35.6 Å². The average Bonchev–Trinajstić information content (AvgIpc) is 2.35. The molecule has 1 rings (SSSR count). The summed E-state index contributed by atoms with van der Waals surface area (Å²) in [6.45, 7) is 3.79. The van der Waals surface area contributed by atoms with E-state index in [0.29, 0.717) is 11.3 Å².